The fraction of sp³-hybridized carbons (Fsp3) is 0.529. The molecule has 0 fully saturated rings. The standard InChI is InChI=1S/C17H28N6S/c1-13(14-6-7-24-12-14)8-19-17(18-2)20-10-16(22(3)4)15-9-21-23(5)11-15/h6-7,9,11-13,16H,8,10H2,1-5H3,(H2,18,19,20). The molecular formula is C17H28N6S. The van der Waals surface area contributed by atoms with E-state index in [2.05, 4.69) is 69.7 Å². The van der Waals surface area contributed by atoms with Gasteiger partial charge in [-0.15, -0.1) is 0 Å². The van der Waals surface area contributed by atoms with Gasteiger partial charge in [-0.2, -0.15) is 16.4 Å². The van der Waals surface area contributed by atoms with E-state index in [-0.39, 0.29) is 6.04 Å². The van der Waals surface area contributed by atoms with Crippen molar-refractivity contribution in [2.75, 3.05) is 34.2 Å². The Hall–Kier alpha value is -1.86. The van der Waals surface area contributed by atoms with Gasteiger partial charge in [0.05, 0.1) is 12.2 Å². The molecule has 0 aliphatic carbocycles. The number of nitrogens with one attached hydrogen (secondary N) is 2. The second-order valence-electron chi connectivity index (χ2n) is 6.22. The molecule has 0 aliphatic heterocycles. The molecule has 2 heterocycles. The molecule has 2 aromatic heterocycles. The van der Waals surface area contributed by atoms with E-state index in [1.165, 1.54) is 11.1 Å². The van der Waals surface area contributed by atoms with Crippen LogP contribution in [0.4, 0.5) is 0 Å². The molecule has 24 heavy (non-hydrogen) atoms. The van der Waals surface area contributed by atoms with Crippen LogP contribution in [-0.2, 0) is 7.05 Å². The number of likely N-dealkylation sites (N-methyl/N-ethyl adjacent to an activating group) is 1. The van der Waals surface area contributed by atoms with E-state index < -0.39 is 0 Å². The van der Waals surface area contributed by atoms with Crippen LogP contribution in [0.3, 0.4) is 0 Å². The Labute approximate surface area is 148 Å². The van der Waals surface area contributed by atoms with Crippen LogP contribution in [0, 0.1) is 0 Å². The molecule has 0 aromatic carbocycles. The summed E-state index contributed by atoms with van der Waals surface area (Å²) < 4.78 is 1.83. The highest BCUT2D eigenvalue weighted by molar-refractivity contribution is 7.07. The summed E-state index contributed by atoms with van der Waals surface area (Å²) in [6.07, 6.45) is 3.97. The van der Waals surface area contributed by atoms with Crippen molar-refractivity contribution in [3.63, 3.8) is 0 Å². The van der Waals surface area contributed by atoms with Crippen LogP contribution in [0.25, 0.3) is 0 Å². The number of guanidine groups is 1. The minimum absolute atomic E-state index is 0.242. The first-order valence-corrected chi connectivity index (χ1v) is 9.07. The van der Waals surface area contributed by atoms with Crippen LogP contribution in [0.15, 0.2) is 34.2 Å². The van der Waals surface area contributed by atoms with Crippen molar-refractivity contribution in [2.45, 2.75) is 18.9 Å². The van der Waals surface area contributed by atoms with Gasteiger partial charge >= 0.3 is 0 Å². The topological polar surface area (TPSA) is 57.5 Å². The fourth-order valence-corrected chi connectivity index (χ4v) is 3.33. The molecule has 0 amide bonds. The van der Waals surface area contributed by atoms with Crippen LogP contribution in [0.5, 0.6) is 0 Å². The molecule has 0 saturated heterocycles. The average Bonchev–Trinajstić information content (AvgIpc) is 3.21. The van der Waals surface area contributed by atoms with Crippen molar-refractivity contribution in [3.05, 3.63) is 40.3 Å². The largest absolute Gasteiger partial charge is 0.356 e. The second-order valence-corrected chi connectivity index (χ2v) is 7.00. The number of aliphatic imine (C=N–C) groups is 1. The maximum atomic E-state index is 4.33. The predicted octanol–water partition coefficient (Wildman–Crippen LogP) is 2.05. The van der Waals surface area contributed by atoms with Crippen molar-refractivity contribution in [1.82, 2.24) is 25.3 Å². The summed E-state index contributed by atoms with van der Waals surface area (Å²) in [7, 11) is 7.90. The predicted molar refractivity (Wildman–Crippen MR) is 102 cm³/mol. The number of rotatable bonds is 7. The highest BCUT2D eigenvalue weighted by Crippen LogP contribution is 2.17. The molecule has 7 heteroatoms. The number of thiophene rings is 1. The molecule has 2 aromatic rings. The third-order valence-corrected chi connectivity index (χ3v) is 4.81. The van der Waals surface area contributed by atoms with Crippen LogP contribution < -0.4 is 10.6 Å². The lowest BCUT2D eigenvalue weighted by molar-refractivity contribution is 0.298. The molecule has 0 saturated carbocycles. The average molecular weight is 349 g/mol. The summed E-state index contributed by atoms with van der Waals surface area (Å²) in [5, 5.41) is 15.4. The third kappa shape index (κ3) is 5.07. The molecule has 0 spiro atoms. The summed E-state index contributed by atoms with van der Waals surface area (Å²) in [5.41, 5.74) is 2.56. The van der Waals surface area contributed by atoms with Crippen LogP contribution in [0.1, 0.15) is 30.0 Å². The zero-order valence-corrected chi connectivity index (χ0v) is 16.0. The van der Waals surface area contributed by atoms with Gasteiger partial charge in [-0.1, -0.05) is 6.92 Å². The smallest absolute Gasteiger partial charge is 0.191 e. The van der Waals surface area contributed by atoms with Crippen LogP contribution in [-0.4, -0.2) is 54.9 Å². The van der Waals surface area contributed by atoms with E-state index in [0.29, 0.717) is 5.92 Å². The zero-order valence-electron chi connectivity index (χ0n) is 15.2. The van der Waals surface area contributed by atoms with Crippen LogP contribution in [0.2, 0.25) is 0 Å². The zero-order chi connectivity index (χ0) is 17.5. The lowest BCUT2D eigenvalue weighted by Crippen LogP contribution is -2.42. The second kappa shape index (κ2) is 8.84. The Balaban J connectivity index is 1.87. The Morgan fingerprint density at radius 3 is 2.62 bits per heavy atom. The van der Waals surface area contributed by atoms with Gasteiger partial charge in [0, 0.05) is 38.9 Å². The summed E-state index contributed by atoms with van der Waals surface area (Å²) in [4.78, 5) is 6.51. The maximum Gasteiger partial charge on any atom is 0.191 e. The van der Waals surface area contributed by atoms with Gasteiger partial charge in [0.2, 0.25) is 0 Å². The van der Waals surface area contributed by atoms with Gasteiger partial charge in [0.25, 0.3) is 0 Å². The molecular weight excluding hydrogens is 320 g/mol. The van der Waals surface area contributed by atoms with Gasteiger partial charge in [0.15, 0.2) is 5.96 Å². The van der Waals surface area contributed by atoms with Gasteiger partial charge in [0.1, 0.15) is 0 Å². The lowest BCUT2D eigenvalue weighted by atomic mass is 10.1. The first-order chi connectivity index (χ1) is 11.5. The van der Waals surface area contributed by atoms with Crippen molar-refractivity contribution in [2.24, 2.45) is 12.0 Å². The number of aromatic nitrogens is 2. The van der Waals surface area contributed by atoms with E-state index in [9.17, 15) is 0 Å². The van der Waals surface area contributed by atoms with Gasteiger partial charge < -0.3 is 15.5 Å². The molecule has 2 rings (SSSR count). The van der Waals surface area contributed by atoms with Crippen molar-refractivity contribution < 1.29 is 0 Å². The lowest BCUT2D eigenvalue weighted by Gasteiger charge is -2.25. The minimum atomic E-state index is 0.242. The highest BCUT2D eigenvalue weighted by Gasteiger charge is 2.16. The number of hydrogen-bond acceptors (Lipinski definition) is 4. The molecule has 2 unspecified atom stereocenters. The number of nitrogens with zero attached hydrogens (tertiary/aromatic N) is 4. The Kier molecular flexibility index (Phi) is 6.81. The summed E-state index contributed by atoms with van der Waals surface area (Å²) in [5.74, 6) is 1.28. The van der Waals surface area contributed by atoms with Gasteiger partial charge in [-0.3, -0.25) is 9.67 Å². The highest BCUT2D eigenvalue weighted by atomic mass is 32.1. The monoisotopic (exact) mass is 348 g/mol. The van der Waals surface area contributed by atoms with Crippen molar-refractivity contribution in [3.8, 4) is 0 Å². The summed E-state index contributed by atoms with van der Waals surface area (Å²) in [6.45, 7) is 3.85. The van der Waals surface area contributed by atoms with Crippen LogP contribution >= 0.6 is 11.3 Å². The molecule has 0 radical (unpaired) electrons. The SMILES string of the molecule is CN=C(NCC(C)c1ccsc1)NCC(c1cnn(C)c1)N(C)C. The van der Waals surface area contributed by atoms with Crippen molar-refractivity contribution in [1.29, 1.82) is 0 Å². The van der Waals surface area contributed by atoms with E-state index >= 15 is 0 Å². The Morgan fingerprint density at radius 1 is 1.33 bits per heavy atom. The quantitative estimate of drug-likeness (QED) is 0.594. The normalized spacial score (nSPS) is 14.7. The van der Waals surface area contributed by atoms with E-state index in [1.807, 2.05) is 17.9 Å². The Morgan fingerprint density at radius 2 is 2.08 bits per heavy atom. The molecule has 132 valence electrons. The fourth-order valence-electron chi connectivity index (χ4n) is 2.55. The number of hydrogen-bond donors (Lipinski definition) is 2. The van der Waals surface area contributed by atoms with Crippen molar-refractivity contribution >= 4 is 17.3 Å². The van der Waals surface area contributed by atoms with E-state index in [1.54, 1.807) is 18.4 Å². The summed E-state index contributed by atoms with van der Waals surface area (Å²) >= 11 is 1.74. The molecule has 0 bridgehead atoms. The number of aryl methyl sites for hydroxylation is 1. The van der Waals surface area contributed by atoms with E-state index in [4.69, 9.17) is 0 Å². The first-order valence-electron chi connectivity index (χ1n) is 8.12. The maximum absolute atomic E-state index is 4.33. The third-order valence-electron chi connectivity index (χ3n) is 4.11. The minimum Gasteiger partial charge on any atom is -0.356 e. The summed E-state index contributed by atoms with van der Waals surface area (Å²) in [6, 6.07) is 2.42. The van der Waals surface area contributed by atoms with Gasteiger partial charge in [-0.05, 0) is 42.4 Å². The molecule has 6 nitrogen and oxygen atoms in total. The van der Waals surface area contributed by atoms with Gasteiger partial charge in [-0.25, -0.2) is 0 Å². The molecule has 0 aliphatic rings. The van der Waals surface area contributed by atoms with E-state index in [0.717, 1.165) is 19.0 Å². The first kappa shape index (κ1) is 18.5. The molecule has 2 atom stereocenters. The molecule has 2 N–H and O–H groups in total. The Bertz CT molecular complexity index is 631.